The molecule has 0 spiro atoms. The minimum absolute atomic E-state index is 0.175. The van der Waals surface area contributed by atoms with Crippen LogP contribution in [0.4, 0.5) is 0 Å². The van der Waals surface area contributed by atoms with Crippen LogP contribution in [0, 0.1) is 5.92 Å². The van der Waals surface area contributed by atoms with Crippen molar-refractivity contribution in [2.75, 3.05) is 20.2 Å². The molecule has 1 unspecified atom stereocenters. The van der Waals surface area contributed by atoms with E-state index in [1.165, 1.54) is 7.11 Å². The second-order valence-corrected chi connectivity index (χ2v) is 7.10. The molecular formula is C21H21N5O4. The number of hydrogen-bond donors (Lipinski definition) is 0. The monoisotopic (exact) mass is 407 g/mol. The Morgan fingerprint density at radius 3 is 2.83 bits per heavy atom. The molecule has 3 aromatic rings. The summed E-state index contributed by atoms with van der Waals surface area (Å²) in [6.45, 7) is 1.19. The number of hydrogen-bond acceptors (Lipinski definition) is 8. The fourth-order valence-electron chi connectivity index (χ4n) is 3.65. The van der Waals surface area contributed by atoms with Crippen LogP contribution in [0.3, 0.4) is 0 Å². The van der Waals surface area contributed by atoms with E-state index in [0.29, 0.717) is 42.5 Å². The third kappa shape index (κ3) is 4.19. The highest BCUT2D eigenvalue weighted by atomic mass is 16.5. The summed E-state index contributed by atoms with van der Waals surface area (Å²) in [7, 11) is 1.31. The summed E-state index contributed by atoms with van der Waals surface area (Å²) in [5.74, 6) is 0.392. The highest BCUT2D eigenvalue weighted by Crippen LogP contribution is 2.24. The Morgan fingerprint density at radius 1 is 1.23 bits per heavy atom. The van der Waals surface area contributed by atoms with Crippen molar-refractivity contribution in [2.24, 2.45) is 5.92 Å². The van der Waals surface area contributed by atoms with E-state index in [2.05, 4.69) is 20.1 Å². The molecule has 1 atom stereocenters. The molecule has 4 rings (SSSR count). The summed E-state index contributed by atoms with van der Waals surface area (Å²) in [6, 6.07) is 6.72. The Hall–Kier alpha value is -3.62. The van der Waals surface area contributed by atoms with Gasteiger partial charge in [-0.2, -0.15) is 4.98 Å². The highest BCUT2D eigenvalue weighted by Gasteiger charge is 2.28. The topological polar surface area (TPSA) is 111 Å². The average molecular weight is 407 g/mol. The van der Waals surface area contributed by atoms with Gasteiger partial charge in [-0.1, -0.05) is 17.3 Å². The molecule has 1 amide bonds. The number of carbonyl (C=O) groups excluding carboxylic acids is 2. The first-order chi connectivity index (χ1) is 14.7. The maximum Gasteiger partial charge on any atom is 0.338 e. The van der Waals surface area contributed by atoms with Crippen LogP contribution in [0.15, 0.2) is 47.4 Å². The second-order valence-electron chi connectivity index (χ2n) is 7.10. The number of amides is 1. The quantitative estimate of drug-likeness (QED) is 0.593. The number of piperidine rings is 1. The molecule has 1 aliphatic rings. The number of esters is 1. The van der Waals surface area contributed by atoms with E-state index in [1.807, 2.05) is 0 Å². The van der Waals surface area contributed by atoms with Crippen molar-refractivity contribution in [3.63, 3.8) is 0 Å². The first-order valence-electron chi connectivity index (χ1n) is 9.71. The Morgan fingerprint density at radius 2 is 2.07 bits per heavy atom. The van der Waals surface area contributed by atoms with Gasteiger partial charge in [-0.25, -0.2) is 9.78 Å². The van der Waals surface area contributed by atoms with E-state index in [4.69, 9.17) is 9.26 Å². The maximum absolute atomic E-state index is 13.1. The molecule has 1 saturated heterocycles. The molecule has 30 heavy (non-hydrogen) atoms. The van der Waals surface area contributed by atoms with E-state index in [9.17, 15) is 9.59 Å². The lowest BCUT2D eigenvalue weighted by Crippen LogP contribution is -2.41. The lowest BCUT2D eigenvalue weighted by molar-refractivity contribution is 0.0581. The molecule has 0 saturated carbocycles. The molecule has 0 aliphatic carbocycles. The fourth-order valence-corrected chi connectivity index (χ4v) is 3.65. The van der Waals surface area contributed by atoms with Gasteiger partial charge in [0.2, 0.25) is 11.7 Å². The van der Waals surface area contributed by atoms with E-state index in [-0.39, 0.29) is 17.4 Å². The smallest absolute Gasteiger partial charge is 0.338 e. The van der Waals surface area contributed by atoms with Crippen molar-refractivity contribution >= 4 is 11.9 Å². The predicted molar refractivity (Wildman–Crippen MR) is 105 cm³/mol. The largest absolute Gasteiger partial charge is 0.465 e. The van der Waals surface area contributed by atoms with Gasteiger partial charge in [0, 0.05) is 31.9 Å². The molecule has 3 heterocycles. The van der Waals surface area contributed by atoms with E-state index in [0.717, 1.165) is 12.8 Å². The Labute approximate surface area is 173 Å². The Kier molecular flexibility index (Phi) is 5.78. The van der Waals surface area contributed by atoms with Gasteiger partial charge in [0.05, 0.1) is 24.4 Å². The number of aromatic nitrogens is 4. The summed E-state index contributed by atoms with van der Waals surface area (Å²) in [5.41, 5.74) is 1.18. The molecule has 0 N–H and O–H groups in total. The van der Waals surface area contributed by atoms with Gasteiger partial charge in [0.15, 0.2) is 0 Å². The molecule has 154 valence electrons. The van der Waals surface area contributed by atoms with Crippen LogP contribution in [0.1, 0.15) is 39.4 Å². The van der Waals surface area contributed by atoms with Gasteiger partial charge >= 0.3 is 5.97 Å². The van der Waals surface area contributed by atoms with Crippen molar-refractivity contribution in [3.8, 4) is 11.5 Å². The van der Waals surface area contributed by atoms with Crippen LogP contribution in [-0.4, -0.2) is 57.1 Å². The lowest BCUT2D eigenvalue weighted by Gasteiger charge is -2.32. The molecule has 1 aromatic carbocycles. The summed E-state index contributed by atoms with van der Waals surface area (Å²) >= 11 is 0. The molecule has 0 bridgehead atoms. The summed E-state index contributed by atoms with van der Waals surface area (Å²) in [4.78, 5) is 39.5. The van der Waals surface area contributed by atoms with Crippen LogP contribution in [-0.2, 0) is 11.2 Å². The first-order valence-corrected chi connectivity index (χ1v) is 9.71. The fraction of sp³-hybridized carbons (Fsp3) is 0.333. The number of likely N-dealkylation sites (tertiary alicyclic amines) is 1. The number of methoxy groups -OCH3 is 1. The van der Waals surface area contributed by atoms with Crippen LogP contribution in [0.25, 0.3) is 11.5 Å². The minimum atomic E-state index is -0.519. The molecule has 1 fully saturated rings. The number of rotatable bonds is 5. The summed E-state index contributed by atoms with van der Waals surface area (Å²) < 4.78 is 10.2. The minimum Gasteiger partial charge on any atom is -0.465 e. The van der Waals surface area contributed by atoms with Gasteiger partial charge in [0.1, 0.15) is 5.69 Å². The van der Waals surface area contributed by atoms with E-state index in [1.54, 1.807) is 47.8 Å². The number of nitrogens with zero attached hydrogens (tertiary/aromatic N) is 5. The first kappa shape index (κ1) is 19.7. The molecule has 0 radical (unpaired) electrons. The summed E-state index contributed by atoms with van der Waals surface area (Å²) in [6.07, 6.45) is 7.11. The van der Waals surface area contributed by atoms with Crippen molar-refractivity contribution in [2.45, 2.75) is 19.3 Å². The van der Waals surface area contributed by atoms with Crippen LogP contribution in [0.5, 0.6) is 0 Å². The normalized spacial score (nSPS) is 16.3. The zero-order valence-corrected chi connectivity index (χ0v) is 16.5. The average Bonchev–Trinajstić information content (AvgIpc) is 3.27. The predicted octanol–water partition coefficient (Wildman–Crippen LogP) is 2.41. The van der Waals surface area contributed by atoms with Crippen molar-refractivity contribution in [1.82, 2.24) is 25.0 Å². The Balaban J connectivity index is 1.45. The third-order valence-electron chi connectivity index (χ3n) is 5.09. The standard InChI is InChI=1S/C21H21N5O4/c1-29-21(28)16-7-3-2-6-15(16)20(27)26-10-4-5-14(13-26)11-18-24-19(25-30-18)17-12-22-8-9-23-17/h2-3,6-9,12,14H,4-5,10-11,13H2,1H3. The summed E-state index contributed by atoms with van der Waals surface area (Å²) in [5, 5.41) is 3.97. The van der Waals surface area contributed by atoms with Crippen molar-refractivity contribution in [1.29, 1.82) is 0 Å². The van der Waals surface area contributed by atoms with Gasteiger partial charge in [0.25, 0.3) is 5.91 Å². The molecular weight excluding hydrogens is 386 g/mol. The van der Waals surface area contributed by atoms with Crippen molar-refractivity contribution in [3.05, 3.63) is 59.9 Å². The van der Waals surface area contributed by atoms with E-state index >= 15 is 0 Å². The van der Waals surface area contributed by atoms with Crippen LogP contribution in [0.2, 0.25) is 0 Å². The van der Waals surface area contributed by atoms with Gasteiger partial charge in [-0.05, 0) is 30.9 Å². The van der Waals surface area contributed by atoms with Crippen LogP contribution >= 0.6 is 0 Å². The number of carbonyl (C=O) groups is 2. The second kappa shape index (κ2) is 8.81. The van der Waals surface area contributed by atoms with Gasteiger partial charge in [-0.3, -0.25) is 9.78 Å². The van der Waals surface area contributed by atoms with E-state index < -0.39 is 5.97 Å². The van der Waals surface area contributed by atoms with Gasteiger partial charge in [-0.15, -0.1) is 0 Å². The molecule has 9 heteroatoms. The number of benzene rings is 1. The Bertz CT molecular complexity index is 1040. The van der Waals surface area contributed by atoms with Crippen molar-refractivity contribution < 1.29 is 18.8 Å². The number of ether oxygens (including phenoxy) is 1. The molecule has 9 nitrogen and oxygen atoms in total. The molecule has 2 aromatic heterocycles. The maximum atomic E-state index is 13.1. The highest BCUT2D eigenvalue weighted by molar-refractivity contribution is 6.05. The zero-order valence-electron chi connectivity index (χ0n) is 16.5. The zero-order chi connectivity index (χ0) is 20.9. The molecule has 1 aliphatic heterocycles. The third-order valence-corrected chi connectivity index (χ3v) is 5.09. The van der Waals surface area contributed by atoms with Gasteiger partial charge < -0.3 is 14.2 Å². The SMILES string of the molecule is COC(=O)c1ccccc1C(=O)N1CCCC(Cc2nc(-c3cnccn3)no2)C1. The van der Waals surface area contributed by atoms with Crippen LogP contribution < -0.4 is 0 Å². The lowest BCUT2D eigenvalue weighted by atomic mass is 9.94.